The Morgan fingerprint density at radius 3 is 2.39 bits per heavy atom. The fraction of sp³-hybridized carbons (Fsp3) is 0.263. The van der Waals surface area contributed by atoms with Crippen LogP contribution < -0.4 is 4.90 Å². The van der Waals surface area contributed by atoms with Crippen LogP contribution in [0.25, 0.3) is 11.3 Å². The fourth-order valence-electron chi connectivity index (χ4n) is 6.31. The molecular weight excluding hydrogens is 694 g/mol. The molecule has 10 nitrogen and oxygen atoms in total. The fourth-order valence-corrected chi connectivity index (χ4v) is 6.49. The molecule has 7 rings (SSSR count). The summed E-state index contributed by atoms with van der Waals surface area (Å²) in [5.74, 6) is -0.365. The third-order valence-corrected chi connectivity index (χ3v) is 9.37. The Balaban J connectivity index is 0.000000237. The molecule has 0 unspecified atom stereocenters. The van der Waals surface area contributed by atoms with E-state index in [-0.39, 0.29) is 35.9 Å². The van der Waals surface area contributed by atoms with Crippen LogP contribution in [0.5, 0.6) is 5.75 Å². The summed E-state index contributed by atoms with van der Waals surface area (Å²) < 4.78 is 20.2. The second-order valence-corrected chi connectivity index (χ2v) is 12.7. The van der Waals surface area contributed by atoms with Crippen molar-refractivity contribution < 1.29 is 23.8 Å². The number of fused-ring (bicyclic) bond motifs is 1. The SMILES string of the molecule is Cc1ccc(-c2cc(Cl)ccc2C(=O)N2Cc3ccccc3C[C@H]2CN2CCOCC2)n1C.Cl.O=CN(c1ccc(O)cc1)c1cnc(F)cn1. The molecule has 3 aromatic carbocycles. The largest absolute Gasteiger partial charge is 0.508 e. The standard InChI is InChI=1S/C27H30ClN3O2.C11H8FN3O2.ClH/c1-19-7-10-26(29(19)2)25-16-22(28)8-9-24(25)27(32)31-17-21-6-4-3-5-20(21)15-23(31)18-30-11-13-33-14-12-30;12-10-5-14-11(6-13-10)15(7-16)8-1-3-9(17)4-2-8;/h3-10,16,23H,11-15,17-18H2,1-2H3;1-7,17H;1H/t23-;;/m0../s1. The summed E-state index contributed by atoms with van der Waals surface area (Å²) in [6, 6.07) is 24.3. The maximum Gasteiger partial charge on any atom is 0.255 e. The lowest BCUT2D eigenvalue weighted by atomic mass is 9.92. The van der Waals surface area contributed by atoms with Crippen molar-refractivity contribution in [1.82, 2.24) is 24.3 Å². The molecule has 0 bridgehead atoms. The minimum atomic E-state index is -0.717. The maximum absolute atomic E-state index is 14.1. The number of carbonyl (C=O) groups is 2. The van der Waals surface area contributed by atoms with Crippen molar-refractivity contribution in [2.24, 2.45) is 7.05 Å². The van der Waals surface area contributed by atoms with Gasteiger partial charge in [-0.25, -0.2) is 9.97 Å². The number of aryl methyl sites for hydroxylation is 1. The van der Waals surface area contributed by atoms with E-state index < -0.39 is 5.95 Å². The van der Waals surface area contributed by atoms with E-state index >= 15 is 0 Å². The third-order valence-electron chi connectivity index (χ3n) is 9.14. The highest BCUT2D eigenvalue weighted by molar-refractivity contribution is 6.31. The first kappa shape index (κ1) is 37.4. The van der Waals surface area contributed by atoms with E-state index in [0.717, 1.165) is 68.6 Å². The van der Waals surface area contributed by atoms with Gasteiger partial charge in [-0.3, -0.25) is 19.4 Å². The molecule has 1 saturated heterocycles. The average Bonchev–Trinajstić information content (AvgIpc) is 3.47. The van der Waals surface area contributed by atoms with E-state index in [1.807, 2.05) is 25.2 Å². The van der Waals surface area contributed by atoms with Crippen molar-refractivity contribution >= 4 is 47.8 Å². The van der Waals surface area contributed by atoms with E-state index in [9.17, 15) is 14.0 Å². The second-order valence-electron chi connectivity index (χ2n) is 12.3. The highest BCUT2D eigenvalue weighted by atomic mass is 35.5. The molecule has 2 aliphatic rings. The third kappa shape index (κ3) is 8.74. The highest BCUT2D eigenvalue weighted by Gasteiger charge is 2.33. The van der Waals surface area contributed by atoms with Gasteiger partial charge in [0, 0.05) is 66.8 Å². The van der Waals surface area contributed by atoms with Gasteiger partial charge in [-0.2, -0.15) is 4.39 Å². The van der Waals surface area contributed by atoms with Gasteiger partial charge in [0.15, 0.2) is 5.82 Å². The number of amides is 2. The average molecular weight is 734 g/mol. The lowest BCUT2D eigenvalue weighted by Gasteiger charge is -2.40. The number of hydrogen-bond donors (Lipinski definition) is 1. The van der Waals surface area contributed by atoms with Crippen molar-refractivity contribution in [3.8, 4) is 17.0 Å². The molecule has 2 amide bonds. The Kier molecular flexibility index (Phi) is 12.4. The predicted molar refractivity (Wildman–Crippen MR) is 197 cm³/mol. The van der Waals surface area contributed by atoms with E-state index in [4.69, 9.17) is 21.4 Å². The number of phenols is 1. The van der Waals surface area contributed by atoms with Gasteiger partial charge in [-0.05, 0) is 79.1 Å². The Morgan fingerprint density at radius 2 is 1.75 bits per heavy atom. The van der Waals surface area contributed by atoms with E-state index in [0.29, 0.717) is 29.2 Å². The number of phenolic OH excluding ortho intramolecular Hbond substituents is 1. The van der Waals surface area contributed by atoms with Gasteiger partial charge in [-0.15, -0.1) is 12.4 Å². The van der Waals surface area contributed by atoms with Gasteiger partial charge in [0.25, 0.3) is 5.91 Å². The number of ether oxygens (including phenoxy) is 1. The summed E-state index contributed by atoms with van der Waals surface area (Å²) in [4.78, 5) is 37.9. The number of carbonyl (C=O) groups excluding carboxylic acids is 2. The van der Waals surface area contributed by atoms with Gasteiger partial charge in [0.1, 0.15) is 5.75 Å². The molecule has 5 aromatic rings. The molecular formula is C38H39Cl2FN6O4. The van der Waals surface area contributed by atoms with Crippen LogP contribution in [0.3, 0.4) is 0 Å². The number of hydrogen-bond acceptors (Lipinski definition) is 7. The smallest absolute Gasteiger partial charge is 0.255 e. The Hall–Kier alpha value is -4.81. The number of aromatic nitrogens is 3. The summed E-state index contributed by atoms with van der Waals surface area (Å²) in [5.41, 5.74) is 6.79. The molecule has 0 spiro atoms. The molecule has 266 valence electrons. The molecule has 0 aliphatic carbocycles. The molecule has 13 heteroatoms. The summed E-state index contributed by atoms with van der Waals surface area (Å²) in [6.45, 7) is 6.88. The van der Waals surface area contributed by atoms with Gasteiger partial charge < -0.3 is 19.3 Å². The molecule has 1 N–H and O–H groups in total. The van der Waals surface area contributed by atoms with Gasteiger partial charge in [0.05, 0.1) is 31.3 Å². The molecule has 2 aromatic heterocycles. The van der Waals surface area contributed by atoms with E-state index in [1.165, 1.54) is 40.3 Å². The lowest BCUT2D eigenvalue weighted by molar-refractivity contribution is -0.106. The lowest BCUT2D eigenvalue weighted by Crippen LogP contribution is -2.52. The minimum absolute atomic E-state index is 0. The zero-order valence-corrected chi connectivity index (χ0v) is 29.9. The zero-order chi connectivity index (χ0) is 35.2. The van der Waals surface area contributed by atoms with E-state index in [1.54, 1.807) is 0 Å². The monoisotopic (exact) mass is 732 g/mol. The Bertz CT molecular complexity index is 1910. The first-order valence-electron chi connectivity index (χ1n) is 16.3. The van der Waals surface area contributed by atoms with Crippen molar-refractivity contribution in [2.75, 3.05) is 37.7 Å². The second kappa shape index (κ2) is 16.9. The minimum Gasteiger partial charge on any atom is -0.508 e. The van der Waals surface area contributed by atoms with Crippen LogP contribution >= 0.6 is 24.0 Å². The van der Waals surface area contributed by atoms with Crippen molar-refractivity contribution in [3.63, 3.8) is 0 Å². The first-order valence-corrected chi connectivity index (χ1v) is 16.7. The summed E-state index contributed by atoms with van der Waals surface area (Å²) >= 11 is 6.39. The van der Waals surface area contributed by atoms with Crippen LogP contribution in [0.2, 0.25) is 5.02 Å². The first-order chi connectivity index (χ1) is 24.2. The molecule has 0 saturated carbocycles. The highest BCUT2D eigenvalue weighted by Crippen LogP contribution is 2.32. The van der Waals surface area contributed by atoms with E-state index in [2.05, 4.69) is 67.7 Å². The summed E-state index contributed by atoms with van der Waals surface area (Å²) in [7, 11) is 2.03. The van der Waals surface area contributed by atoms with Crippen molar-refractivity contribution in [3.05, 3.63) is 125 Å². The molecule has 4 heterocycles. The van der Waals surface area contributed by atoms with Crippen LogP contribution in [0, 0.1) is 12.9 Å². The Morgan fingerprint density at radius 1 is 1.02 bits per heavy atom. The van der Waals surface area contributed by atoms with Crippen LogP contribution in [-0.2, 0) is 29.5 Å². The molecule has 1 fully saturated rings. The quantitative estimate of drug-likeness (QED) is 0.188. The molecule has 51 heavy (non-hydrogen) atoms. The number of halogens is 3. The van der Waals surface area contributed by atoms with Gasteiger partial charge in [-0.1, -0.05) is 35.9 Å². The Labute approximate surface area is 307 Å². The predicted octanol–water partition coefficient (Wildman–Crippen LogP) is 6.59. The number of nitrogens with zero attached hydrogens (tertiary/aromatic N) is 6. The summed E-state index contributed by atoms with van der Waals surface area (Å²) in [6.07, 6.45) is 3.47. The maximum atomic E-state index is 14.1. The molecule has 2 aliphatic heterocycles. The summed E-state index contributed by atoms with van der Waals surface area (Å²) in [5, 5.41) is 9.77. The van der Waals surface area contributed by atoms with Crippen molar-refractivity contribution in [2.45, 2.75) is 25.9 Å². The van der Waals surface area contributed by atoms with Gasteiger partial charge >= 0.3 is 0 Å². The number of morpholine rings is 1. The van der Waals surface area contributed by atoms with Crippen LogP contribution in [0.4, 0.5) is 15.9 Å². The molecule has 1 atom stereocenters. The van der Waals surface area contributed by atoms with Gasteiger partial charge in [0.2, 0.25) is 12.4 Å². The number of aromatic hydroxyl groups is 1. The topological polar surface area (TPSA) is 104 Å². The number of benzene rings is 3. The van der Waals surface area contributed by atoms with Crippen LogP contribution in [0.1, 0.15) is 27.2 Å². The van der Waals surface area contributed by atoms with Crippen LogP contribution in [0.15, 0.2) is 91.3 Å². The normalized spacial score (nSPS) is 15.5. The van der Waals surface area contributed by atoms with Crippen LogP contribution in [-0.4, -0.2) is 80.6 Å². The number of rotatable bonds is 7. The number of anilines is 2. The van der Waals surface area contributed by atoms with Crippen molar-refractivity contribution in [1.29, 1.82) is 0 Å². The molecule has 0 radical (unpaired) electrons. The zero-order valence-electron chi connectivity index (χ0n) is 28.3.